The summed E-state index contributed by atoms with van der Waals surface area (Å²) < 4.78 is 36.4. The number of nitrogens with zero attached hydrogens (tertiary/aromatic N) is 4. The highest BCUT2D eigenvalue weighted by atomic mass is 19.1. The molecule has 0 radical (unpaired) electrons. The molecule has 0 aliphatic carbocycles. The van der Waals surface area contributed by atoms with Gasteiger partial charge in [-0.25, -0.2) is 13.6 Å². The SMILES string of the molecule is CC(=O)NCC1CN(c2cc(F)c(N3Cc4cn(CCO)nc4C3)c(F)c2)C(=O)O1. The number of fused-ring (bicyclic) bond motifs is 1. The second-order valence-corrected chi connectivity index (χ2v) is 7.26. The highest BCUT2D eigenvalue weighted by Gasteiger charge is 2.34. The van der Waals surface area contributed by atoms with Gasteiger partial charge in [0.1, 0.15) is 11.8 Å². The fourth-order valence-electron chi connectivity index (χ4n) is 3.69. The lowest BCUT2D eigenvalue weighted by molar-refractivity contribution is -0.119. The fourth-order valence-corrected chi connectivity index (χ4v) is 3.69. The summed E-state index contributed by atoms with van der Waals surface area (Å²) in [4.78, 5) is 25.8. The maximum Gasteiger partial charge on any atom is 0.414 e. The normalized spacial score (nSPS) is 18.0. The van der Waals surface area contributed by atoms with Crippen molar-refractivity contribution in [3.8, 4) is 0 Å². The summed E-state index contributed by atoms with van der Waals surface area (Å²) in [5.41, 5.74) is 1.41. The van der Waals surface area contributed by atoms with Crippen LogP contribution in [0.15, 0.2) is 18.3 Å². The van der Waals surface area contributed by atoms with Crippen molar-refractivity contribution in [1.82, 2.24) is 15.1 Å². The van der Waals surface area contributed by atoms with Gasteiger partial charge in [0.05, 0.1) is 44.2 Å². The molecule has 1 aromatic carbocycles. The van der Waals surface area contributed by atoms with Gasteiger partial charge in [0.15, 0.2) is 11.6 Å². The molecule has 0 spiro atoms. The van der Waals surface area contributed by atoms with Crippen LogP contribution in [0, 0.1) is 11.6 Å². The predicted molar refractivity (Wildman–Crippen MR) is 102 cm³/mol. The van der Waals surface area contributed by atoms with E-state index >= 15 is 0 Å². The van der Waals surface area contributed by atoms with E-state index in [1.807, 2.05) is 0 Å². The van der Waals surface area contributed by atoms with Crippen LogP contribution in [-0.2, 0) is 29.2 Å². The number of rotatable bonds is 6. The van der Waals surface area contributed by atoms with Crippen LogP contribution in [0.5, 0.6) is 0 Å². The van der Waals surface area contributed by atoms with E-state index in [0.29, 0.717) is 18.8 Å². The maximum absolute atomic E-state index is 14.8. The Morgan fingerprint density at radius 3 is 2.70 bits per heavy atom. The molecule has 9 nitrogen and oxygen atoms in total. The maximum atomic E-state index is 14.8. The van der Waals surface area contributed by atoms with Crippen LogP contribution in [0.1, 0.15) is 18.2 Å². The van der Waals surface area contributed by atoms with E-state index in [-0.39, 0.29) is 43.5 Å². The van der Waals surface area contributed by atoms with Crippen LogP contribution in [-0.4, -0.2) is 52.7 Å². The van der Waals surface area contributed by atoms with Crippen molar-refractivity contribution in [1.29, 1.82) is 0 Å². The van der Waals surface area contributed by atoms with Gasteiger partial charge in [-0.2, -0.15) is 5.10 Å². The highest BCUT2D eigenvalue weighted by Crippen LogP contribution is 2.35. The zero-order valence-electron chi connectivity index (χ0n) is 16.3. The number of hydrogen-bond donors (Lipinski definition) is 2. The van der Waals surface area contributed by atoms with Gasteiger partial charge in [0.25, 0.3) is 0 Å². The first-order chi connectivity index (χ1) is 14.4. The summed E-state index contributed by atoms with van der Waals surface area (Å²) in [5, 5.41) is 15.9. The van der Waals surface area contributed by atoms with Crippen molar-refractivity contribution in [3.63, 3.8) is 0 Å². The number of amides is 2. The molecule has 1 atom stereocenters. The molecule has 2 aromatic rings. The molecule has 1 aromatic heterocycles. The Morgan fingerprint density at radius 2 is 2.07 bits per heavy atom. The van der Waals surface area contributed by atoms with E-state index in [0.717, 1.165) is 22.6 Å². The molecule has 3 heterocycles. The van der Waals surface area contributed by atoms with Crippen molar-refractivity contribution in [2.24, 2.45) is 0 Å². The van der Waals surface area contributed by atoms with Crippen LogP contribution in [0.3, 0.4) is 0 Å². The number of aliphatic hydroxyl groups is 1. The Hall–Kier alpha value is -3.21. The number of nitrogens with one attached hydrogen (secondary N) is 1. The molecule has 2 aliphatic rings. The Kier molecular flexibility index (Phi) is 5.29. The van der Waals surface area contributed by atoms with Gasteiger partial charge in [-0.3, -0.25) is 14.4 Å². The molecule has 11 heteroatoms. The first-order valence-corrected chi connectivity index (χ1v) is 9.48. The molecule has 1 saturated heterocycles. The van der Waals surface area contributed by atoms with Gasteiger partial charge in [-0.15, -0.1) is 0 Å². The average molecular weight is 421 g/mol. The summed E-state index contributed by atoms with van der Waals surface area (Å²) in [6, 6.07) is 2.20. The molecule has 30 heavy (non-hydrogen) atoms. The molecule has 0 bridgehead atoms. The third-order valence-corrected chi connectivity index (χ3v) is 5.04. The molecule has 1 unspecified atom stereocenters. The number of hydrogen-bond acceptors (Lipinski definition) is 6. The largest absolute Gasteiger partial charge is 0.442 e. The molecule has 0 saturated carbocycles. The minimum atomic E-state index is -0.795. The first kappa shape index (κ1) is 20.1. The van der Waals surface area contributed by atoms with Gasteiger partial charge in [0.2, 0.25) is 5.91 Å². The topological polar surface area (TPSA) is 99.9 Å². The van der Waals surface area contributed by atoms with E-state index in [9.17, 15) is 18.4 Å². The van der Waals surface area contributed by atoms with Crippen LogP contribution >= 0.6 is 0 Å². The minimum absolute atomic E-state index is 0.0421. The molecular formula is C19H21F2N5O4. The van der Waals surface area contributed by atoms with Gasteiger partial charge < -0.3 is 20.1 Å². The number of carbonyl (C=O) groups excluding carboxylic acids is 2. The number of aromatic nitrogens is 2. The number of ether oxygens (including phenoxy) is 1. The highest BCUT2D eigenvalue weighted by molar-refractivity contribution is 5.90. The second kappa shape index (κ2) is 7.90. The van der Waals surface area contributed by atoms with Gasteiger partial charge >= 0.3 is 6.09 Å². The molecular weight excluding hydrogens is 400 g/mol. The number of anilines is 2. The van der Waals surface area contributed by atoms with Gasteiger partial charge in [0, 0.05) is 37.4 Å². The number of halogens is 2. The standard InChI is InChI=1S/C19H21F2N5O4/c1-11(28)22-6-14-9-26(19(29)30-14)13-4-15(20)18(16(21)5-13)24-7-12-8-25(2-3-27)23-17(12)10-24/h4-5,8,14,27H,2-3,6-7,9-10H2,1H3,(H,22,28). The summed E-state index contributed by atoms with van der Waals surface area (Å²) in [6.45, 7) is 2.39. The van der Waals surface area contributed by atoms with E-state index in [1.54, 1.807) is 10.9 Å². The van der Waals surface area contributed by atoms with Crippen molar-refractivity contribution in [3.05, 3.63) is 41.2 Å². The quantitative estimate of drug-likeness (QED) is 0.726. The van der Waals surface area contributed by atoms with E-state index in [4.69, 9.17) is 9.84 Å². The molecule has 1 fully saturated rings. The lowest BCUT2D eigenvalue weighted by Crippen LogP contribution is -2.33. The van der Waals surface area contributed by atoms with E-state index < -0.39 is 23.8 Å². The minimum Gasteiger partial charge on any atom is -0.442 e. The Labute approximate surface area is 170 Å². The summed E-state index contributed by atoms with van der Waals surface area (Å²) >= 11 is 0. The zero-order chi connectivity index (χ0) is 21.4. The molecule has 160 valence electrons. The van der Waals surface area contributed by atoms with Gasteiger partial charge in [-0.1, -0.05) is 0 Å². The van der Waals surface area contributed by atoms with Crippen LogP contribution in [0.2, 0.25) is 0 Å². The number of aliphatic hydroxyl groups excluding tert-OH is 1. The van der Waals surface area contributed by atoms with Gasteiger partial charge in [-0.05, 0) is 0 Å². The number of carbonyl (C=O) groups is 2. The Morgan fingerprint density at radius 1 is 1.33 bits per heavy atom. The van der Waals surface area contributed by atoms with Crippen molar-refractivity contribution in [2.75, 3.05) is 29.5 Å². The fraction of sp³-hybridized carbons (Fsp3) is 0.421. The lowest BCUT2D eigenvalue weighted by Gasteiger charge is -2.21. The third kappa shape index (κ3) is 3.80. The number of benzene rings is 1. The summed E-state index contributed by atoms with van der Waals surface area (Å²) in [6.07, 6.45) is 0.429. The van der Waals surface area contributed by atoms with Crippen molar-refractivity contribution >= 4 is 23.4 Å². The Balaban J connectivity index is 1.49. The zero-order valence-corrected chi connectivity index (χ0v) is 16.3. The van der Waals surface area contributed by atoms with Crippen LogP contribution in [0.25, 0.3) is 0 Å². The monoisotopic (exact) mass is 421 g/mol. The smallest absolute Gasteiger partial charge is 0.414 e. The predicted octanol–water partition coefficient (Wildman–Crippen LogP) is 1.14. The van der Waals surface area contributed by atoms with Crippen molar-refractivity contribution in [2.45, 2.75) is 32.7 Å². The summed E-state index contributed by atoms with van der Waals surface area (Å²) in [7, 11) is 0. The molecule has 2 amide bonds. The van der Waals surface area contributed by atoms with Crippen LogP contribution < -0.4 is 15.1 Å². The van der Waals surface area contributed by atoms with Crippen LogP contribution in [0.4, 0.5) is 25.0 Å². The Bertz CT molecular complexity index is 949. The lowest BCUT2D eigenvalue weighted by atomic mass is 10.2. The number of cyclic esters (lactones) is 1. The second-order valence-electron chi connectivity index (χ2n) is 7.26. The first-order valence-electron chi connectivity index (χ1n) is 9.48. The summed E-state index contributed by atoms with van der Waals surface area (Å²) in [5.74, 6) is -1.85. The molecule has 4 rings (SSSR count). The molecule has 2 N–H and O–H groups in total. The van der Waals surface area contributed by atoms with E-state index in [1.165, 1.54) is 11.8 Å². The molecule has 2 aliphatic heterocycles. The van der Waals surface area contributed by atoms with E-state index in [2.05, 4.69) is 10.4 Å². The third-order valence-electron chi connectivity index (χ3n) is 5.04. The average Bonchev–Trinajstić information content (AvgIpc) is 3.32. The van der Waals surface area contributed by atoms with Crippen molar-refractivity contribution < 1.29 is 28.2 Å².